The lowest BCUT2D eigenvalue weighted by Crippen LogP contribution is -1.78. The van der Waals surface area contributed by atoms with Crippen LogP contribution in [0.3, 0.4) is 0 Å². The molecule has 0 radical (unpaired) electrons. The van der Waals surface area contributed by atoms with Crippen molar-refractivity contribution < 1.29 is 4.52 Å². The second-order valence-corrected chi connectivity index (χ2v) is 5.66. The van der Waals surface area contributed by atoms with Crippen molar-refractivity contribution in [2.24, 2.45) is 0 Å². The van der Waals surface area contributed by atoms with E-state index in [0.29, 0.717) is 17.0 Å². The van der Waals surface area contributed by atoms with E-state index in [4.69, 9.17) is 4.52 Å². The molecule has 0 bridgehead atoms. The number of nitrogens with zero attached hydrogens (tertiary/aromatic N) is 2. The van der Waals surface area contributed by atoms with E-state index in [1.807, 2.05) is 11.4 Å². The molecule has 2 aromatic heterocycles. The van der Waals surface area contributed by atoms with E-state index in [1.54, 1.807) is 11.3 Å². The molecule has 0 aromatic carbocycles. The van der Waals surface area contributed by atoms with Gasteiger partial charge in [-0.15, -0.1) is 11.3 Å². The Bertz CT molecular complexity index is 414. The van der Waals surface area contributed by atoms with Crippen LogP contribution in [0.1, 0.15) is 5.82 Å². The Morgan fingerprint density at radius 1 is 1.62 bits per heavy atom. The summed E-state index contributed by atoms with van der Waals surface area (Å²) in [6, 6.07) is 2.02. The number of thiophene rings is 1. The first-order chi connectivity index (χ1) is 6.29. The second kappa shape index (κ2) is 4.05. The maximum absolute atomic E-state index is 5.07. The predicted octanol–water partition coefficient (Wildman–Crippen LogP) is 3.30. The van der Waals surface area contributed by atoms with Crippen molar-refractivity contribution in [3.8, 4) is 11.5 Å². The normalized spacial score (nSPS) is 10.6. The van der Waals surface area contributed by atoms with Gasteiger partial charge in [-0.1, -0.05) is 21.1 Å². The molecule has 0 aliphatic heterocycles. The predicted molar refractivity (Wildman–Crippen MR) is 63.0 cm³/mol. The highest BCUT2D eigenvalue weighted by Gasteiger charge is 2.08. The van der Waals surface area contributed by atoms with Gasteiger partial charge in [0.2, 0.25) is 0 Å². The molecule has 2 heterocycles. The average molecular weight is 371 g/mol. The molecule has 13 heavy (non-hydrogen) atoms. The maximum atomic E-state index is 5.07. The van der Waals surface area contributed by atoms with Crippen LogP contribution < -0.4 is 0 Å². The summed E-state index contributed by atoms with van der Waals surface area (Å²) < 4.78 is 6.28. The summed E-state index contributed by atoms with van der Waals surface area (Å²) in [5, 5.41) is 6.42. The average Bonchev–Trinajstić information content (AvgIpc) is 2.71. The van der Waals surface area contributed by atoms with Crippen LogP contribution in [0.5, 0.6) is 0 Å². The summed E-state index contributed by atoms with van der Waals surface area (Å²) in [6.45, 7) is 0. The van der Waals surface area contributed by atoms with Crippen molar-refractivity contribution >= 4 is 49.9 Å². The number of hydrogen-bond donors (Lipinski definition) is 0. The Morgan fingerprint density at radius 3 is 3.00 bits per heavy atom. The third-order valence-electron chi connectivity index (χ3n) is 1.40. The number of hydrogen-bond acceptors (Lipinski definition) is 4. The molecule has 68 valence electrons. The summed E-state index contributed by atoms with van der Waals surface area (Å²) >= 11 is 7.19. The number of rotatable bonds is 2. The molecule has 0 N–H and O–H groups in total. The zero-order valence-electron chi connectivity index (χ0n) is 6.33. The molecule has 0 fully saturated rings. The third kappa shape index (κ3) is 2.10. The molecule has 0 saturated heterocycles. The Morgan fingerprint density at radius 2 is 2.46 bits per heavy atom. The van der Waals surface area contributed by atoms with E-state index in [1.165, 1.54) is 2.88 Å². The minimum absolute atomic E-state index is 0.591. The van der Waals surface area contributed by atoms with E-state index in [2.05, 4.69) is 48.7 Å². The molecule has 2 aromatic rings. The third-order valence-corrected chi connectivity index (χ3v) is 3.69. The molecule has 0 amide bonds. The number of aromatic nitrogens is 2. The first-order valence-corrected chi connectivity index (χ1v) is 6.50. The van der Waals surface area contributed by atoms with Gasteiger partial charge in [0.25, 0.3) is 5.89 Å². The minimum atomic E-state index is 0.591. The monoisotopic (exact) mass is 370 g/mol. The van der Waals surface area contributed by atoms with Gasteiger partial charge in [-0.2, -0.15) is 4.98 Å². The number of halogens is 2. The van der Waals surface area contributed by atoms with Gasteiger partial charge >= 0.3 is 0 Å². The fourth-order valence-electron chi connectivity index (χ4n) is 0.848. The molecule has 0 aliphatic carbocycles. The zero-order chi connectivity index (χ0) is 9.26. The standard InChI is InChI=1S/C7H4BrIN2OS/c8-2-6-10-7(12-11-6)4-1-5(9)13-3-4/h1,3H,2H2. The summed E-state index contributed by atoms with van der Waals surface area (Å²) in [5.41, 5.74) is 0.995. The highest BCUT2D eigenvalue weighted by atomic mass is 127. The van der Waals surface area contributed by atoms with Gasteiger partial charge in [0, 0.05) is 5.38 Å². The Hall–Kier alpha value is 0.0500. The molecular weight excluding hydrogens is 367 g/mol. The van der Waals surface area contributed by atoms with Crippen LogP contribution >= 0.6 is 49.9 Å². The van der Waals surface area contributed by atoms with Crippen LogP contribution in [0, 0.1) is 2.88 Å². The van der Waals surface area contributed by atoms with Crippen molar-refractivity contribution in [1.29, 1.82) is 0 Å². The molecule has 0 saturated carbocycles. The zero-order valence-corrected chi connectivity index (χ0v) is 10.9. The van der Waals surface area contributed by atoms with E-state index in [0.717, 1.165) is 5.56 Å². The van der Waals surface area contributed by atoms with Crippen LogP contribution in [-0.4, -0.2) is 10.1 Å². The van der Waals surface area contributed by atoms with Crippen molar-refractivity contribution in [1.82, 2.24) is 10.1 Å². The van der Waals surface area contributed by atoms with E-state index in [-0.39, 0.29) is 0 Å². The van der Waals surface area contributed by atoms with Crippen LogP contribution in [0.2, 0.25) is 0 Å². The van der Waals surface area contributed by atoms with Gasteiger partial charge in [0.1, 0.15) is 0 Å². The summed E-state index contributed by atoms with van der Waals surface area (Å²) in [6.07, 6.45) is 0. The highest BCUT2D eigenvalue weighted by Crippen LogP contribution is 2.25. The molecule has 2 rings (SSSR count). The van der Waals surface area contributed by atoms with Crippen LogP contribution in [-0.2, 0) is 5.33 Å². The first-order valence-electron chi connectivity index (χ1n) is 3.42. The summed E-state index contributed by atoms with van der Waals surface area (Å²) in [5.74, 6) is 1.27. The van der Waals surface area contributed by atoms with Gasteiger partial charge in [0.05, 0.1) is 13.8 Å². The smallest absolute Gasteiger partial charge is 0.258 e. The molecular formula is C7H4BrIN2OS. The fourth-order valence-corrected chi connectivity index (χ4v) is 2.40. The Balaban J connectivity index is 2.35. The largest absolute Gasteiger partial charge is 0.334 e. The fraction of sp³-hybridized carbons (Fsp3) is 0.143. The van der Waals surface area contributed by atoms with E-state index >= 15 is 0 Å². The second-order valence-electron chi connectivity index (χ2n) is 2.29. The van der Waals surface area contributed by atoms with Gasteiger partial charge in [0.15, 0.2) is 5.82 Å². The molecule has 6 heteroatoms. The molecule has 0 atom stereocenters. The molecule has 0 spiro atoms. The maximum Gasteiger partial charge on any atom is 0.258 e. The van der Waals surface area contributed by atoms with Crippen molar-refractivity contribution in [2.75, 3.05) is 0 Å². The Kier molecular flexibility index (Phi) is 2.99. The topological polar surface area (TPSA) is 38.9 Å². The Labute approximate surface area is 101 Å². The minimum Gasteiger partial charge on any atom is -0.334 e. The van der Waals surface area contributed by atoms with Crippen molar-refractivity contribution in [3.05, 3.63) is 20.2 Å². The van der Waals surface area contributed by atoms with Crippen LogP contribution in [0.15, 0.2) is 16.0 Å². The van der Waals surface area contributed by atoms with E-state index in [9.17, 15) is 0 Å². The van der Waals surface area contributed by atoms with Crippen LogP contribution in [0.4, 0.5) is 0 Å². The summed E-state index contributed by atoms with van der Waals surface area (Å²) in [4.78, 5) is 4.19. The van der Waals surface area contributed by atoms with Gasteiger partial charge in [-0.05, 0) is 28.7 Å². The SMILES string of the molecule is BrCc1noc(-c2csc(I)c2)n1. The van der Waals surface area contributed by atoms with Gasteiger partial charge < -0.3 is 4.52 Å². The molecule has 3 nitrogen and oxygen atoms in total. The first kappa shape index (κ1) is 9.60. The van der Waals surface area contributed by atoms with Gasteiger partial charge in [-0.25, -0.2) is 0 Å². The number of alkyl halides is 1. The summed E-state index contributed by atoms with van der Waals surface area (Å²) in [7, 11) is 0. The van der Waals surface area contributed by atoms with Gasteiger partial charge in [-0.3, -0.25) is 0 Å². The van der Waals surface area contributed by atoms with Crippen molar-refractivity contribution in [2.45, 2.75) is 5.33 Å². The lowest BCUT2D eigenvalue weighted by Gasteiger charge is -1.82. The van der Waals surface area contributed by atoms with Crippen LogP contribution in [0.25, 0.3) is 11.5 Å². The highest BCUT2D eigenvalue weighted by molar-refractivity contribution is 14.1. The molecule has 0 aliphatic rings. The quantitative estimate of drug-likeness (QED) is 0.601. The van der Waals surface area contributed by atoms with E-state index < -0.39 is 0 Å². The lowest BCUT2D eigenvalue weighted by molar-refractivity contribution is 0.425. The lowest BCUT2D eigenvalue weighted by atomic mass is 10.3. The van der Waals surface area contributed by atoms with Crippen molar-refractivity contribution in [3.63, 3.8) is 0 Å². The molecule has 0 unspecified atom stereocenters.